The molecule has 0 aliphatic carbocycles. The van der Waals surface area contributed by atoms with E-state index in [9.17, 15) is 4.79 Å². The molecule has 0 radical (unpaired) electrons. The van der Waals surface area contributed by atoms with E-state index in [2.05, 4.69) is 15.8 Å². The van der Waals surface area contributed by atoms with Crippen molar-refractivity contribution in [3.63, 3.8) is 0 Å². The van der Waals surface area contributed by atoms with Gasteiger partial charge in [-0.2, -0.15) is 0 Å². The fourth-order valence-corrected chi connectivity index (χ4v) is 5.85. The van der Waals surface area contributed by atoms with Gasteiger partial charge in [-0.15, -0.1) is 0 Å². The Balaban J connectivity index is 0.953. The molecule has 2 unspecified atom stereocenters. The molecule has 2 N–H and O–H groups in total. The predicted octanol–water partition coefficient (Wildman–Crippen LogP) is 6.51. The highest BCUT2D eigenvalue weighted by molar-refractivity contribution is 6.31. The molecule has 3 heterocycles. The zero-order valence-corrected chi connectivity index (χ0v) is 26.7. The number of rotatable bonds is 11. The summed E-state index contributed by atoms with van der Waals surface area (Å²) in [7, 11) is 6.28. The van der Waals surface area contributed by atoms with Crippen molar-refractivity contribution in [1.82, 2.24) is 5.32 Å². The van der Waals surface area contributed by atoms with E-state index < -0.39 is 6.17 Å². The number of methoxy groups -OCH3 is 4. The Morgan fingerprint density at radius 2 is 1.60 bits per heavy atom. The highest BCUT2D eigenvalue weighted by Crippen LogP contribution is 2.50. The van der Waals surface area contributed by atoms with E-state index in [4.69, 9.17) is 45.0 Å². The number of hydrogen-bond acceptors (Lipinski definition) is 11. The van der Waals surface area contributed by atoms with E-state index in [1.807, 2.05) is 42.5 Å². The maximum absolute atomic E-state index is 12.7. The number of halogens is 1. The first kappa shape index (κ1) is 30.3. The fraction of sp³-hybridized carbons (Fsp3) is 0.235. The Labute approximate surface area is 275 Å². The van der Waals surface area contributed by atoms with Crippen LogP contribution in [0.1, 0.15) is 45.7 Å². The van der Waals surface area contributed by atoms with E-state index in [0.717, 1.165) is 33.8 Å². The second-order valence-electron chi connectivity index (χ2n) is 10.8. The van der Waals surface area contributed by atoms with Gasteiger partial charge in [0, 0.05) is 22.7 Å². The zero-order valence-electron chi connectivity index (χ0n) is 26.0. The number of hydrogen-bond donors (Lipinski definition) is 2. The van der Waals surface area contributed by atoms with Crippen molar-refractivity contribution in [2.24, 2.45) is 5.16 Å². The Bertz CT molecular complexity index is 1880. The minimum atomic E-state index is -0.455. The summed E-state index contributed by atoms with van der Waals surface area (Å²) in [5.41, 5.74) is 6.40. The third kappa shape index (κ3) is 5.77. The van der Waals surface area contributed by atoms with Crippen molar-refractivity contribution in [2.45, 2.75) is 18.7 Å². The monoisotopic (exact) mass is 658 g/mol. The van der Waals surface area contributed by atoms with Crippen LogP contribution >= 0.6 is 11.6 Å². The average molecular weight is 659 g/mol. The van der Waals surface area contributed by atoms with E-state index in [0.29, 0.717) is 51.4 Å². The molecule has 0 bridgehead atoms. The normalized spacial score (nSPS) is 17.3. The molecule has 0 spiro atoms. The molecule has 13 heteroatoms. The van der Waals surface area contributed by atoms with Gasteiger partial charge in [0.1, 0.15) is 6.17 Å². The first-order chi connectivity index (χ1) is 22.9. The van der Waals surface area contributed by atoms with Gasteiger partial charge in [-0.05, 0) is 65.7 Å². The maximum Gasteiger partial charge on any atom is 0.255 e. The van der Waals surface area contributed by atoms with Crippen LogP contribution in [0.15, 0.2) is 71.9 Å². The molecule has 7 rings (SSSR count). The minimum Gasteiger partial charge on any atom is -0.493 e. The number of ether oxygens (including phenoxy) is 5. The third-order valence-corrected chi connectivity index (χ3v) is 8.38. The molecule has 12 nitrogen and oxygen atoms in total. The van der Waals surface area contributed by atoms with Crippen molar-refractivity contribution >= 4 is 40.3 Å². The van der Waals surface area contributed by atoms with Gasteiger partial charge in [0.05, 0.1) is 51.1 Å². The van der Waals surface area contributed by atoms with Crippen LogP contribution in [-0.2, 0) is 9.68 Å². The van der Waals surface area contributed by atoms with Gasteiger partial charge < -0.3 is 39.2 Å². The molecule has 0 aromatic heterocycles. The fourth-order valence-electron chi connectivity index (χ4n) is 5.68. The smallest absolute Gasteiger partial charge is 0.255 e. The SMILES string of the molecule is COc1cc(C2NC(=O)c3cc(Cl)ccc3N2)ccc1OCON1c2ccc(C3CC(c4cc(OC)c(OC)c(OC)c4)=NO3)cc21. The number of benzene rings is 4. The highest BCUT2D eigenvalue weighted by atomic mass is 35.5. The van der Waals surface area contributed by atoms with Gasteiger partial charge in [-0.25, -0.2) is 9.90 Å². The van der Waals surface area contributed by atoms with Gasteiger partial charge in [-0.1, -0.05) is 28.9 Å². The van der Waals surface area contributed by atoms with Gasteiger partial charge in [0.15, 0.2) is 29.1 Å². The standard InChI is InChI=1S/C34H31ClN4O8/c1-41-29-12-19(33-36-23-8-7-21(35)15-22(23)34(40)37-33)6-10-27(29)45-17-46-39-25-9-5-18(11-26(25)39)28-16-24(38-47-28)20-13-30(42-2)32(44-4)31(14-20)43-3/h5-15,28,33,36H,16-17H2,1-4H3,(H,37,40). The molecular weight excluding hydrogens is 628 g/mol. The summed E-state index contributed by atoms with van der Waals surface area (Å²) in [6.07, 6.45) is -0.146. The predicted molar refractivity (Wildman–Crippen MR) is 175 cm³/mol. The van der Waals surface area contributed by atoms with Gasteiger partial charge >= 0.3 is 0 Å². The van der Waals surface area contributed by atoms with Crippen LogP contribution in [-0.4, -0.2) is 46.9 Å². The first-order valence-corrected chi connectivity index (χ1v) is 15.1. The summed E-state index contributed by atoms with van der Waals surface area (Å²) in [4.78, 5) is 24.4. The Hall–Kier alpha value is -5.33. The number of anilines is 3. The first-order valence-electron chi connectivity index (χ1n) is 14.7. The van der Waals surface area contributed by atoms with Crippen LogP contribution in [0.25, 0.3) is 0 Å². The molecule has 3 aliphatic rings. The Morgan fingerprint density at radius 1 is 0.830 bits per heavy atom. The number of oxime groups is 1. The summed E-state index contributed by atoms with van der Waals surface area (Å²) in [6.45, 7) is -0.0550. The largest absolute Gasteiger partial charge is 0.493 e. The number of carbonyl (C=O) groups is 1. The van der Waals surface area contributed by atoms with Crippen LogP contribution in [0, 0.1) is 0 Å². The van der Waals surface area contributed by atoms with Gasteiger partial charge in [-0.3, -0.25) is 4.79 Å². The topological polar surface area (TPSA) is 121 Å². The Morgan fingerprint density at radius 3 is 2.34 bits per heavy atom. The van der Waals surface area contributed by atoms with Crippen molar-refractivity contribution in [3.8, 4) is 28.7 Å². The molecule has 0 saturated heterocycles. The molecule has 3 aliphatic heterocycles. The van der Waals surface area contributed by atoms with E-state index in [-0.39, 0.29) is 18.8 Å². The van der Waals surface area contributed by atoms with Crippen LogP contribution in [0.3, 0.4) is 0 Å². The van der Waals surface area contributed by atoms with Crippen molar-refractivity contribution in [2.75, 3.05) is 45.6 Å². The number of fused-ring (bicyclic) bond motifs is 2. The van der Waals surface area contributed by atoms with Crippen LogP contribution in [0.4, 0.5) is 17.1 Å². The number of nitrogens with zero attached hydrogens (tertiary/aromatic N) is 2. The molecule has 0 fully saturated rings. The molecule has 2 atom stereocenters. The molecular formula is C34H31ClN4O8. The van der Waals surface area contributed by atoms with Gasteiger partial charge in [0.25, 0.3) is 5.91 Å². The lowest BCUT2D eigenvalue weighted by Gasteiger charge is -2.28. The lowest BCUT2D eigenvalue weighted by atomic mass is 10.00. The van der Waals surface area contributed by atoms with Crippen LogP contribution in [0.5, 0.6) is 28.7 Å². The summed E-state index contributed by atoms with van der Waals surface area (Å²) >= 11 is 6.05. The molecule has 1 amide bonds. The van der Waals surface area contributed by atoms with Crippen LogP contribution in [0.2, 0.25) is 5.02 Å². The molecule has 47 heavy (non-hydrogen) atoms. The maximum atomic E-state index is 12.7. The quantitative estimate of drug-likeness (QED) is 0.136. The lowest BCUT2D eigenvalue weighted by molar-refractivity contribution is 0.0240. The summed E-state index contributed by atoms with van der Waals surface area (Å²) < 4.78 is 27.9. The van der Waals surface area contributed by atoms with Crippen molar-refractivity contribution < 1.29 is 38.2 Å². The molecule has 242 valence electrons. The third-order valence-electron chi connectivity index (χ3n) is 8.14. The average Bonchev–Trinajstić information content (AvgIpc) is 3.54. The Kier molecular flexibility index (Phi) is 8.04. The summed E-state index contributed by atoms with van der Waals surface area (Å²) in [5.74, 6) is 2.39. The lowest BCUT2D eigenvalue weighted by Crippen LogP contribution is -2.38. The molecule has 4 aromatic rings. The summed E-state index contributed by atoms with van der Waals surface area (Å²) in [6, 6.07) is 20.3. The second-order valence-corrected chi connectivity index (χ2v) is 11.3. The summed E-state index contributed by atoms with van der Waals surface area (Å²) in [5, 5.41) is 12.8. The number of carbonyl (C=O) groups excluding carboxylic acids is 1. The van der Waals surface area contributed by atoms with E-state index >= 15 is 0 Å². The number of nitrogens with one attached hydrogen (secondary N) is 2. The van der Waals surface area contributed by atoms with E-state index in [1.165, 1.54) is 0 Å². The number of amides is 1. The minimum absolute atomic E-state index is 0.0550. The zero-order chi connectivity index (χ0) is 32.7. The van der Waals surface area contributed by atoms with Crippen molar-refractivity contribution in [1.29, 1.82) is 0 Å². The molecule has 4 aromatic carbocycles. The highest BCUT2D eigenvalue weighted by Gasteiger charge is 2.34. The van der Waals surface area contributed by atoms with Crippen LogP contribution < -0.4 is 39.4 Å². The van der Waals surface area contributed by atoms with Gasteiger partial charge in [0.2, 0.25) is 12.5 Å². The van der Waals surface area contributed by atoms with Crippen molar-refractivity contribution in [3.05, 3.63) is 94.0 Å². The molecule has 0 saturated carbocycles. The van der Waals surface area contributed by atoms with E-state index in [1.54, 1.807) is 57.8 Å². The second kappa shape index (κ2) is 12.5.